The molecule has 0 aromatic rings. The van der Waals surface area contributed by atoms with Crippen molar-refractivity contribution in [3.8, 4) is 0 Å². The molecule has 5 unspecified atom stereocenters. The Morgan fingerprint density at radius 3 is 2.62 bits per heavy atom. The largest absolute Gasteiger partial charge is 0.377 e. The summed E-state index contributed by atoms with van der Waals surface area (Å²) in [6.45, 7) is 12.1. The van der Waals surface area contributed by atoms with Crippen molar-refractivity contribution in [2.24, 2.45) is 28.6 Å². The Bertz CT molecular complexity index is 787. The van der Waals surface area contributed by atoms with Gasteiger partial charge in [-0.25, -0.2) is 0 Å². The van der Waals surface area contributed by atoms with E-state index in [2.05, 4.69) is 33.4 Å². The van der Waals surface area contributed by atoms with Gasteiger partial charge in [-0.15, -0.1) is 0 Å². The molecule has 2 fully saturated rings. The molecule has 2 saturated carbocycles. The maximum Gasteiger partial charge on any atom is 0.166 e. The fraction of sp³-hybridized carbons (Fsp3) is 0.652. The van der Waals surface area contributed by atoms with Crippen molar-refractivity contribution in [2.45, 2.75) is 65.4 Å². The van der Waals surface area contributed by atoms with Crippen molar-refractivity contribution in [1.82, 2.24) is 0 Å². The van der Waals surface area contributed by atoms with Gasteiger partial charge in [-0.05, 0) is 79.9 Å². The second-order valence-electron chi connectivity index (χ2n) is 9.61. The highest BCUT2D eigenvalue weighted by Crippen LogP contribution is 2.67. The van der Waals surface area contributed by atoms with Gasteiger partial charge in [0, 0.05) is 11.8 Å². The molecule has 0 saturated heterocycles. The zero-order valence-electron chi connectivity index (χ0n) is 16.4. The highest BCUT2D eigenvalue weighted by atomic mass is 16.3. The molecule has 4 aliphatic carbocycles. The van der Waals surface area contributed by atoms with E-state index < -0.39 is 11.0 Å². The lowest BCUT2D eigenvalue weighted by Crippen LogP contribution is -2.57. The zero-order chi connectivity index (χ0) is 19.1. The summed E-state index contributed by atoms with van der Waals surface area (Å²) in [6, 6.07) is 0. The third-order valence-electron chi connectivity index (χ3n) is 8.53. The minimum atomic E-state index is -1.40. The van der Waals surface area contributed by atoms with E-state index in [1.54, 1.807) is 0 Å². The summed E-state index contributed by atoms with van der Waals surface area (Å²) in [5, 5.41) is 11.4. The molecule has 6 atom stereocenters. The van der Waals surface area contributed by atoms with Crippen LogP contribution in [0.5, 0.6) is 0 Å². The van der Waals surface area contributed by atoms with E-state index in [1.807, 2.05) is 6.08 Å². The molecule has 3 nitrogen and oxygen atoms in total. The van der Waals surface area contributed by atoms with E-state index in [1.165, 1.54) is 18.1 Å². The molecule has 0 aromatic carbocycles. The molecule has 140 valence electrons. The number of rotatable bonds is 1. The van der Waals surface area contributed by atoms with Crippen LogP contribution >= 0.6 is 0 Å². The summed E-state index contributed by atoms with van der Waals surface area (Å²) in [5.74, 6) is 1.09. The highest BCUT2D eigenvalue weighted by molar-refractivity contribution is 5.93. The van der Waals surface area contributed by atoms with Crippen LogP contribution in [0.25, 0.3) is 0 Å². The van der Waals surface area contributed by atoms with Crippen LogP contribution in [0.4, 0.5) is 0 Å². The van der Waals surface area contributed by atoms with Gasteiger partial charge in [-0.1, -0.05) is 32.1 Å². The van der Waals surface area contributed by atoms with Gasteiger partial charge in [-0.3, -0.25) is 9.59 Å². The Labute approximate surface area is 156 Å². The molecule has 0 heterocycles. The normalized spacial score (nSPS) is 47.5. The van der Waals surface area contributed by atoms with Crippen LogP contribution < -0.4 is 0 Å². The molecule has 0 bridgehead atoms. The lowest BCUT2D eigenvalue weighted by Gasteiger charge is -2.57. The summed E-state index contributed by atoms with van der Waals surface area (Å²) < 4.78 is 0. The minimum absolute atomic E-state index is 0.0248. The van der Waals surface area contributed by atoms with Gasteiger partial charge in [0.2, 0.25) is 0 Å². The van der Waals surface area contributed by atoms with Crippen LogP contribution in [0, 0.1) is 28.6 Å². The number of aliphatic hydroxyl groups is 1. The quantitative estimate of drug-likeness (QED) is 0.719. The van der Waals surface area contributed by atoms with E-state index in [0.717, 1.165) is 19.3 Å². The van der Waals surface area contributed by atoms with Crippen molar-refractivity contribution in [3.63, 3.8) is 0 Å². The monoisotopic (exact) mass is 354 g/mol. The minimum Gasteiger partial charge on any atom is -0.377 e. The van der Waals surface area contributed by atoms with Crippen molar-refractivity contribution < 1.29 is 14.7 Å². The van der Waals surface area contributed by atoms with Crippen LogP contribution in [0.3, 0.4) is 0 Å². The van der Waals surface area contributed by atoms with Gasteiger partial charge < -0.3 is 5.11 Å². The molecule has 4 aliphatic rings. The fourth-order valence-electron chi connectivity index (χ4n) is 7.04. The van der Waals surface area contributed by atoms with Crippen LogP contribution in [0.2, 0.25) is 0 Å². The molecular formula is C23H30O3. The number of allylic oxidation sites excluding steroid dienone is 4. The molecule has 4 rings (SSSR count). The van der Waals surface area contributed by atoms with E-state index in [4.69, 9.17) is 0 Å². The maximum absolute atomic E-state index is 12.4. The summed E-state index contributed by atoms with van der Waals surface area (Å²) in [7, 11) is 0. The molecular weight excluding hydrogens is 324 g/mol. The number of fused-ring (bicyclic) bond motifs is 5. The standard InChI is InChI=1S/C23H30O3/c1-13-10-17-18(21(4)8-6-16(25)12-19(13)21)7-9-22(5)20(17)11-14(2)23(22,26)15(3)24/h10,12,17-18,20,26H,2,6-9,11H2,1,3-5H3/t17?,18?,20?,21?,22?,23-/m0/s1. The van der Waals surface area contributed by atoms with Crippen molar-refractivity contribution in [1.29, 1.82) is 0 Å². The SMILES string of the molecule is C=C1CC2C3C=C(C)C4=CC(=O)CCC4(C)C3CCC2(C)[C@@]1(O)C(C)=O. The van der Waals surface area contributed by atoms with Gasteiger partial charge in [0.1, 0.15) is 5.60 Å². The zero-order valence-corrected chi connectivity index (χ0v) is 16.4. The molecule has 0 amide bonds. The van der Waals surface area contributed by atoms with E-state index in [-0.39, 0.29) is 22.9 Å². The second kappa shape index (κ2) is 5.28. The topological polar surface area (TPSA) is 54.4 Å². The van der Waals surface area contributed by atoms with E-state index >= 15 is 0 Å². The lowest BCUT2D eigenvalue weighted by molar-refractivity contribution is -0.151. The lowest BCUT2D eigenvalue weighted by atomic mass is 9.47. The van der Waals surface area contributed by atoms with Gasteiger partial charge in [0.15, 0.2) is 11.6 Å². The predicted molar refractivity (Wildman–Crippen MR) is 101 cm³/mol. The first kappa shape index (κ1) is 17.9. The number of Topliss-reactive ketones (excluding diaryl/α,β-unsaturated/α-hetero) is 1. The maximum atomic E-state index is 12.4. The number of carbonyl (C=O) groups excluding carboxylic acids is 2. The third-order valence-corrected chi connectivity index (χ3v) is 8.53. The predicted octanol–water partition coefficient (Wildman–Crippen LogP) is 4.17. The van der Waals surface area contributed by atoms with Crippen LogP contribution in [0.1, 0.15) is 59.8 Å². The summed E-state index contributed by atoms with van der Waals surface area (Å²) >= 11 is 0. The Kier molecular flexibility index (Phi) is 3.64. The Morgan fingerprint density at radius 1 is 1.27 bits per heavy atom. The molecule has 3 heteroatoms. The van der Waals surface area contributed by atoms with Gasteiger partial charge >= 0.3 is 0 Å². The fourth-order valence-corrected chi connectivity index (χ4v) is 7.04. The van der Waals surface area contributed by atoms with Gasteiger partial charge in [-0.2, -0.15) is 0 Å². The number of hydrogen-bond acceptors (Lipinski definition) is 3. The summed E-state index contributed by atoms with van der Waals surface area (Å²) in [5.41, 5.74) is 1.29. The Morgan fingerprint density at radius 2 is 1.96 bits per heavy atom. The summed E-state index contributed by atoms with van der Waals surface area (Å²) in [4.78, 5) is 24.4. The first-order valence-corrected chi connectivity index (χ1v) is 9.91. The van der Waals surface area contributed by atoms with Crippen LogP contribution in [-0.2, 0) is 9.59 Å². The van der Waals surface area contributed by atoms with Gasteiger partial charge in [0.05, 0.1) is 0 Å². The number of hydrogen-bond donors (Lipinski definition) is 1. The average molecular weight is 354 g/mol. The molecule has 26 heavy (non-hydrogen) atoms. The third kappa shape index (κ3) is 1.93. The highest BCUT2D eigenvalue weighted by Gasteiger charge is 2.66. The average Bonchev–Trinajstić information content (AvgIpc) is 2.78. The Hall–Kier alpha value is -1.48. The second-order valence-corrected chi connectivity index (χ2v) is 9.61. The summed E-state index contributed by atoms with van der Waals surface area (Å²) in [6.07, 6.45) is 8.26. The molecule has 0 aliphatic heterocycles. The van der Waals surface area contributed by atoms with Crippen LogP contribution in [0.15, 0.2) is 35.5 Å². The first-order chi connectivity index (χ1) is 12.1. The van der Waals surface area contributed by atoms with Crippen molar-refractivity contribution in [3.05, 3.63) is 35.5 Å². The number of carbonyl (C=O) groups is 2. The van der Waals surface area contributed by atoms with Gasteiger partial charge in [0.25, 0.3) is 0 Å². The molecule has 0 radical (unpaired) electrons. The molecule has 0 aromatic heterocycles. The van der Waals surface area contributed by atoms with Crippen molar-refractivity contribution in [2.75, 3.05) is 0 Å². The van der Waals surface area contributed by atoms with Crippen molar-refractivity contribution >= 4 is 11.6 Å². The molecule has 1 N–H and O–H groups in total. The Balaban J connectivity index is 1.83. The smallest absolute Gasteiger partial charge is 0.166 e. The molecule has 0 spiro atoms. The van der Waals surface area contributed by atoms with E-state index in [0.29, 0.717) is 30.3 Å². The first-order valence-electron chi connectivity index (χ1n) is 9.91. The van der Waals surface area contributed by atoms with E-state index in [9.17, 15) is 14.7 Å². The number of ketones is 2. The van der Waals surface area contributed by atoms with Crippen LogP contribution in [-0.4, -0.2) is 22.3 Å².